The van der Waals surface area contributed by atoms with Crippen LogP contribution in [-0.2, 0) is 6.42 Å². The quantitative estimate of drug-likeness (QED) is 0.859. The zero-order valence-electron chi connectivity index (χ0n) is 11.5. The molecule has 2 N–H and O–H groups in total. The van der Waals surface area contributed by atoms with Gasteiger partial charge >= 0.3 is 6.18 Å². The van der Waals surface area contributed by atoms with Crippen LogP contribution in [0, 0.1) is 5.92 Å². The first-order valence-electron chi connectivity index (χ1n) is 7.08. The van der Waals surface area contributed by atoms with Crippen molar-refractivity contribution in [2.75, 3.05) is 25.4 Å². The van der Waals surface area contributed by atoms with Crippen molar-refractivity contribution in [2.45, 2.75) is 31.9 Å². The summed E-state index contributed by atoms with van der Waals surface area (Å²) in [6.07, 6.45) is -1.41. The van der Waals surface area contributed by atoms with Crippen molar-refractivity contribution in [1.29, 1.82) is 0 Å². The van der Waals surface area contributed by atoms with E-state index in [0.717, 1.165) is 37.2 Å². The summed E-state index contributed by atoms with van der Waals surface area (Å²) < 4.78 is 38.1. The third-order valence-corrected chi connectivity index (χ3v) is 3.86. The fraction of sp³-hybridized carbons (Fsp3) is 0.600. The maximum atomic E-state index is 12.7. The summed E-state index contributed by atoms with van der Waals surface area (Å²) in [6.45, 7) is 1.66. The van der Waals surface area contributed by atoms with Crippen LogP contribution in [0.5, 0.6) is 0 Å². The Balaban J connectivity index is 1.76. The van der Waals surface area contributed by atoms with E-state index < -0.39 is 12.1 Å². The van der Waals surface area contributed by atoms with E-state index in [9.17, 15) is 13.2 Å². The second kappa shape index (κ2) is 6.48. The Morgan fingerprint density at radius 1 is 1.30 bits per heavy atom. The molecule has 1 aliphatic heterocycles. The zero-order valence-corrected chi connectivity index (χ0v) is 11.5. The van der Waals surface area contributed by atoms with Crippen molar-refractivity contribution >= 4 is 5.69 Å². The van der Waals surface area contributed by atoms with Crippen molar-refractivity contribution in [3.05, 3.63) is 29.8 Å². The van der Waals surface area contributed by atoms with Crippen LogP contribution >= 0.6 is 0 Å². The van der Waals surface area contributed by atoms with Gasteiger partial charge in [-0.2, -0.15) is 13.2 Å². The van der Waals surface area contributed by atoms with Crippen molar-refractivity contribution in [3.8, 4) is 0 Å². The molecule has 0 aromatic heterocycles. The highest BCUT2D eigenvalue weighted by molar-refractivity contribution is 5.40. The number of halogens is 3. The number of likely N-dealkylation sites (tertiary alicyclic amines) is 1. The molecule has 1 unspecified atom stereocenters. The summed E-state index contributed by atoms with van der Waals surface area (Å²) in [6, 6.07) is 7.67. The predicted octanol–water partition coefficient (Wildman–Crippen LogP) is 3.48. The average molecular weight is 286 g/mol. The van der Waals surface area contributed by atoms with Gasteiger partial charge < -0.3 is 10.6 Å². The molecule has 1 fully saturated rings. The number of alkyl halides is 3. The molecule has 0 radical (unpaired) electrons. The largest absolute Gasteiger partial charge is 0.399 e. The van der Waals surface area contributed by atoms with Gasteiger partial charge in [0, 0.05) is 12.2 Å². The molecule has 1 atom stereocenters. The van der Waals surface area contributed by atoms with E-state index in [-0.39, 0.29) is 13.0 Å². The first-order valence-corrected chi connectivity index (χ1v) is 7.08. The Morgan fingerprint density at radius 3 is 2.80 bits per heavy atom. The van der Waals surface area contributed by atoms with Crippen LogP contribution in [0.1, 0.15) is 24.8 Å². The van der Waals surface area contributed by atoms with Gasteiger partial charge in [0.25, 0.3) is 0 Å². The maximum Gasteiger partial charge on any atom is 0.393 e. The molecule has 1 saturated heterocycles. The molecular weight excluding hydrogens is 265 g/mol. The van der Waals surface area contributed by atoms with Crippen LogP contribution in [0.25, 0.3) is 0 Å². The minimum Gasteiger partial charge on any atom is -0.399 e. The van der Waals surface area contributed by atoms with Crippen molar-refractivity contribution in [2.24, 2.45) is 5.92 Å². The van der Waals surface area contributed by atoms with Crippen molar-refractivity contribution in [3.63, 3.8) is 0 Å². The van der Waals surface area contributed by atoms with Gasteiger partial charge in [0.2, 0.25) is 0 Å². The molecule has 112 valence electrons. The molecule has 20 heavy (non-hydrogen) atoms. The Hall–Kier alpha value is -1.23. The lowest BCUT2D eigenvalue weighted by Crippen LogP contribution is -2.42. The molecular formula is C15H21F3N2. The standard InChI is InChI=1S/C15H21F3N2/c16-15(17,18)13-6-3-9-20(11-13)8-2-5-12-4-1-7-14(19)10-12/h1,4,7,10,13H,2-3,5-6,8-9,11,19H2. The van der Waals surface area contributed by atoms with E-state index in [1.54, 1.807) is 0 Å². The predicted molar refractivity (Wildman–Crippen MR) is 74.4 cm³/mol. The molecule has 0 aliphatic carbocycles. The van der Waals surface area contributed by atoms with Crippen LogP contribution < -0.4 is 5.73 Å². The fourth-order valence-electron chi connectivity index (χ4n) is 2.78. The second-order valence-electron chi connectivity index (χ2n) is 5.53. The normalized spacial score (nSPS) is 21.1. The Kier molecular flexibility index (Phi) is 4.91. The van der Waals surface area contributed by atoms with E-state index in [2.05, 4.69) is 0 Å². The SMILES string of the molecule is Nc1cccc(CCCN2CCCC(C(F)(F)F)C2)c1. The number of nitrogens with zero attached hydrogens (tertiary/aromatic N) is 1. The lowest BCUT2D eigenvalue weighted by molar-refractivity contribution is -0.186. The highest BCUT2D eigenvalue weighted by Crippen LogP contribution is 2.33. The van der Waals surface area contributed by atoms with Crippen molar-refractivity contribution in [1.82, 2.24) is 4.90 Å². The van der Waals surface area contributed by atoms with Gasteiger partial charge in [-0.15, -0.1) is 0 Å². The summed E-state index contributed by atoms with van der Waals surface area (Å²) in [5.74, 6) is -1.15. The minimum absolute atomic E-state index is 0.153. The minimum atomic E-state index is -4.05. The molecule has 1 aliphatic rings. The molecule has 0 saturated carbocycles. The molecule has 0 amide bonds. The molecule has 0 bridgehead atoms. The second-order valence-corrected chi connectivity index (χ2v) is 5.53. The number of hydrogen-bond acceptors (Lipinski definition) is 2. The van der Waals surface area contributed by atoms with Gasteiger partial charge in [-0.05, 0) is 56.5 Å². The molecule has 1 aromatic rings. The third-order valence-electron chi connectivity index (χ3n) is 3.86. The van der Waals surface area contributed by atoms with Crippen LogP contribution in [0.15, 0.2) is 24.3 Å². The highest BCUT2D eigenvalue weighted by Gasteiger charge is 2.41. The Labute approximate surface area is 117 Å². The van der Waals surface area contributed by atoms with Gasteiger partial charge in [0.05, 0.1) is 5.92 Å². The van der Waals surface area contributed by atoms with Crippen molar-refractivity contribution < 1.29 is 13.2 Å². The molecule has 0 spiro atoms. The van der Waals surface area contributed by atoms with Gasteiger partial charge in [-0.3, -0.25) is 0 Å². The molecule has 1 heterocycles. The molecule has 2 nitrogen and oxygen atoms in total. The van der Waals surface area contributed by atoms with E-state index in [0.29, 0.717) is 6.42 Å². The first kappa shape index (κ1) is 15.2. The van der Waals surface area contributed by atoms with E-state index in [4.69, 9.17) is 5.73 Å². The molecule has 5 heteroatoms. The number of aryl methyl sites for hydroxylation is 1. The van der Waals surface area contributed by atoms with Gasteiger partial charge in [-0.25, -0.2) is 0 Å². The number of anilines is 1. The van der Waals surface area contributed by atoms with Crippen LogP contribution in [0.3, 0.4) is 0 Å². The zero-order chi connectivity index (χ0) is 14.6. The molecule has 1 aromatic carbocycles. The average Bonchev–Trinajstić information content (AvgIpc) is 2.38. The van der Waals surface area contributed by atoms with Crippen LogP contribution in [0.4, 0.5) is 18.9 Å². The number of nitrogen functional groups attached to an aromatic ring is 1. The van der Waals surface area contributed by atoms with E-state index in [1.807, 2.05) is 29.2 Å². The summed E-state index contributed by atoms with van der Waals surface area (Å²) in [7, 11) is 0. The first-order chi connectivity index (χ1) is 9.45. The number of rotatable bonds is 4. The molecule has 2 rings (SSSR count). The summed E-state index contributed by atoms with van der Waals surface area (Å²) in [4.78, 5) is 1.94. The Morgan fingerprint density at radius 2 is 2.10 bits per heavy atom. The van der Waals surface area contributed by atoms with Gasteiger partial charge in [0.1, 0.15) is 0 Å². The van der Waals surface area contributed by atoms with Crippen LogP contribution in [0.2, 0.25) is 0 Å². The topological polar surface area (TPSA) is 29.3 Å². The monoisotopic (exact) mass is 286 g/mol. The number of benzene rings is 1. The number of nitrogens with two attached hydrogens (primary N) is 1. The number of piperidine rings is 1. The fourth-order valence-corrected chi connectivity index (χ4v) is 2.78. The van der Waals surface area contributed by atoms with Crippen LogP contribution in [-0.4, -0.2) is 30.7 Å². The smallest absolute Gasteiger partial charge is 0.393 e. The van der Waals surface area contributed by atoms with E-state index >= 15 is 0 Å². The lowest BCUT2D eigenvalue weighted by Gasteiger charge is -2.33. The van der Waals surface area contributed by atoms with E-state index in [1.165, 1.54) is 0 Å². The lowest BCUT2D eigenvalue weighted by atomic mass is 9.97. The van der Waals surface area contributed by atoms with Gasteiger partial charge in [0.15, 0.2) is 0 Å². The summed E-state index contributed by atoms with van der Waals surface area (Å²) >= 11 is 0. The highest BCUT2D eigenvalue weighted by atomic mass is 19.4. The maximum absolute atomic E-state index is 12.7. The number of hydrogen-bond donors (Lipinski definition) is 1. The Bertz CT molecular complexity index is 431. The summed E-state index contributed by atoms with van der Waals surface area (Å²) in [5, 5.41) is 0. The van der Waals surface area contributed by atoms with Gasteiger partial charge in [-0.1, -0.05) is 12.1 Å². The summed E-state index contributed by atoms with van der Waals surface area (Å²) in [5.41, 5.74) is 7.59. The third kappa shape index (κ3) is 4.40.